The van der Waals surface area contributed by atoms with Crippen LogP contribution in [0.1, 0.15) is 50.8 Å². The summed E-state index contributed by atoms with van der Waals surface area (Å²) in [6, 6.07) is 0.800. The van der Waals surface area contributed by atoms with E-state index in [0.717, 1.165) is 11.5 Å². The fraction of sp³-hybridized carbons (Fsp3) is 0.692. The van der Waals surface area contributed by atoms with Gasteiger partial charge in [-0.15, -0.1) is 0 Å². The van der Waals surface area contributed by atoms with Gasteiger partial charge in [-0.05, 0) is 33.6 Å². The molecule has 3 nitrogen and oxygen atoms in total. The Morgan fingerprint density at radius 2 is 1.75 bits per heavy atom. The minimum absolute atomic E-state index is 0.304. The van der Waals surface area contributed by atoms with E-state index in [0.29, 0.717) is 18.0 Å². The molecule has 2 atom stereocenters. The predicted molar refractivity (Wildman–Crippen MR) is 67.4 cm³/mol. The maximum absolute atomic E-state index is 4.40. The third-order valence-electron chi connectivity index (χ3n) is 3.12. The van der Waals surface area contributed by atoms with E-state index in [-0.39, 0.29) is 0 Å². The SMILES string of the molecule is Cc1ncc(C(C)NC(C)C(C)C)c(C)n1. The molecule has 0 aliphatic heterocycles. The summed E-state index contributed by atoms with van der Waals surface area (Å²) in [5.74, 6) is 1.47. The molecule has 0 amide bonds. The molecular weight excluding hydrogens is 198 g/mol. The summed E-state index contributed by atoms with van der Waals surface area (Å²) in [6.45, 7) is 12.8. The fourth-order valence-corrected chi connectivity index (χ4v) is 1.69. The van der Waals surface area contributed by atoms with Gasteiger partial charge in [0.1, 0.15) is 5.82 Å². The van der Waals surface area contributed by atoms with Crippen LogP contribution < -0.4 is 5.32 Å². The average molecular weight is 221 g/mol. The van der Waals surface area contributed by atoms with Gasteiger partial charge in [-0.3, -0.25) is 0 Å². The predicted octanol–water partition coefficient (Wildman–Crippen LogP) is 2.79. The van der Waals surface area contributed by atoms with E-state index in [2.05, 4.69) is 43.0 Å². The highest BCUT2D eigenvalue weighted by atomic mass is 15.0. The van der Waals surface area contributed by atoms with E-state index in [1.807, 2.05) is 20.0 Å². The summed E-state index contributed by atoms with van der Waals surface area (Å²) in [5.41, 5.74) is 2.27. The Balaban J connectivity index is 2.76. The van der Waals surface area contributed by atoms with Crippen molar-refractivity contribution >= 4 is 0 Å². The van der Waals surface area contributed by atoms with Gasteiger partial charge in [0.2, 0.25) is 0 Å². The van der Waals surface area contributed by atoms with Gasteiger partial charge in [0, 0.05) is 29.5 Å². The number of nitrogens with zero attached hydrogens (tertiary/aromatic N) is 2. The molecule has 0 radical (unpaired) electrons. The Morgan fingerprint density at radius 3 is 2.25 bits per heavy atom. The van der Waals surface area contributed by atoms with Gasteiger partial charge in [0.15, 0.2) is 0 Å². The second kappa shape index (κ2) is 5.39. The zero-order valence-electron chi connectivity index (χ0n) is 11.2. The molecule has 0 fully saturated rings. The van der Waals surface area contributed by atoms with Crippen molar-refractivity contribution in [3.8, 4) is 0 Å². The lowest BCUT2D eigenvalue weighted by molar-refractivity contribution is 0.387. The van der Waals surface area contributed by atoms with Crippen LogP contribution >= 0.6 is 0 Å². The molecule has 0 saturated heterocycles. The molecule has 1 rings (SSSR count). The van der Waals surface area contributed by atoms with Gasteiger partial charge in [0.05, 0.1) is 0 Å². The Morgan fingerprint density at radius 1 is 1.12 bits per heavy atom. The molecule has 1 N–H and O–H groups in total. The fourth-order valence-electron chi connectivity index (χ4n) is 1.69. The molecule has 0 aliphatic rings. The van der Waals surface area contributed by atoms with Gasteiger partial charge in [-0.1, -0.05) is 13.8 Å². The van der Waals surface area contributed by atoms with Gasteiger partial charge in [-0.2, -0.15) is 0 Å². The van der Waals surface area contributed by atoms with Crippen molar-refractivity contribution in [3.63, 3.8) is 0 Å². The first-order chi connectivity index (χ1) is 7.41. The zero-order chi connectivity index (χ0) is 12.3. The van der Waals surface area contributed by atoms with Crippen LogP contribution in [0, 0.1) is 19.8 Å². The molecule has 1 aromatic rings. The van der Waals surface area contributed by atoms with Gasteiger partial charge < -0.3 is 5.32 Å². The number of aryl methyl sites for hydroxylation is 2. The summed E-state index contributed by atoms with van der Waals surface area (Å²) in [5, 5.41) is 3.58. The lowest BCUT2D eigenvalue weighted by Gasteiger charge is -2.23. The second-order valence-electron chi connectivity index (χ2n) is 4.88. The van der Waals surface area contributed by atoms with E-state index in [4.69, 9.17) is 0 Å². The minimum Gasteiger partial charge on any atom is -0.307 e. The first kappa shape index (κ1) is 13.1. The van der Waals surface area contributed by atoms with Crippen molar-refractivity contribution in [3.05, 3.63) is 23.3 Å². The number of rotatable bonds is 4. The van der Waals surface area contributed by atoms with E-state index in [1.165, 1.54) is 5.56 Å². The molecule has 0 bridgehead atoms. The summed E-state index contributed by atoms with van der Waals surface area (Å²) < 4.78 is 0. The van der Waals surface area contributed by atoms with Crippen molar-refractivity contribution < 1.29 is 0 Å². The molecule has 3 heteroatoms. The second-order valence-corrected chi connectivity index (χ2v) is 4.88. The van der Waals surface area contributed by atoms with Crippen LogP contribution in [0.2, 0.25) is 0 Å². The smallest absolute Gasteiger partial charge is 0.125 e. The number of hydrogen-bond donors (Lipinski definition) is 1. The summed E-state index contributed by atoms with van der Waals surface area (Å²) in [7, 11) is 0. The summed E-state index contributed by atoms with van der Waals surface area (Å²) in [6.07, 6.45) is 1.93. The van der Waals surface area contributed by atoms with E-state index < -0.39 is 0 Å². The average Bonchev–Trinajstić information content (AvgIpc) is 2.16. The van der Waals surface area contributed by atoms with E-state index in [9.17, 15) is 0 Å². The normalized spacial score (nSPS) is 15.2. The largest absolute Gasteiger partial charge is 0.307 e. The Bertz CT molecular complexity index is 347. The van der Waals surface area contributed by atoms with Crippen molar-refractivity contribution in [2.24, 2.45) is 5.92 Å². The van der Waals surface area contributed by atoms with Crippen molar-refractivity contribution in [2.75, 3.05) is 0 Å². The van der Waals surface area contributed by atoms with Crippen LogP contribution in [0.4, 0.5) is 0 Å². The Hall–Kier alpha value is -0.960. The molecule has 2 unspecified atom stereocenters. The van der Waals surface area contributed by atoms with Gasteiger partial charge >= 0.3 is 0 Å². The van der Waals surface area contributed by atoms with Crippen LogP contribution in [-0.2, 0) is 0 Å². The first-order valence-electron chi connectivity index (χ1n) is 5.98. The Labute approximate surface area is 98.7 Å². The molecule has 16 heavy (non-hydrogen) atoms. The van der Waals surface area contributed by atoms with Gasteiger partial charge in [0.25, 0.3) is 0 Å². The van der Waals surface area contributed by atoms with Crippen LogP contribution in [0.3, 0.4) is 0 Å². The highest BCUT2D eigenvalue weighted by Gasteiger charge is 2.14. The number of aromatic nitrogens is 2. The standard InChI is InChI=1S/C13H23N3/c1-8(2)9(3)15-10(4)13-7-14-12(6)16-11(13)5/h7-10,15H,1-6H3. The van der Waals surface area contributed by atoms with Crippen molar-refractivity contribution in [1.82, 2.24) is 15.3 Å². The third-order valence-corrected chi connectivity index (χ3v) is 3.12. The summed E-state index contributed by atoms with van der Waals surface area (Å²) >= 11 is 0. The molecule has 0 aromatic carbocycles. The van der Waals surface area contributed by atoms with Crippen LogP contribution in [0.25, 0.3) is 0 Å². The van der Waals surface area contributed by atoms with Crippen LogP contribution in [0.15, 0.2) is 6.20 Å². The zero-order valence-corrected chi connectivity index (χ0v) is 11.2. The molecule has 0 spiro atoms. The van der Waals surface area contributed by atoms with E-state index in [1.54, 1.807) is 0 Å². The molecule has 90 valence electrons. The summed E-state index contributed by atoms with van der Waals surface area (Å²) in [4.78, 5) is 8.66. The lowest BCUT2D eigenvalue weighted by Crippen LogP contribution is -2.33. The van der Waals surface area contributed by atoms with Crippen LogP contribution in [0.5, 0.6) is 0 Å². The molecule has 1 heterocycles. The number of hydrogen-bond acceptors (Lipinski definition) is 3. The molecular formula is C13H23N3. The van der Waals surface area contributed by atoms with Crippen molar-refractivity contribution in [2.45, 2.75) is 53.6 Å². The van der Waals surface area contributed by atoms with Crippen molar-refractivity contribution in [1.29, 1.82) is 0 Å². The monoisotopic (exact) mass is 221 g/mol. The molecule has 1 aromatic heterocycles. The van der Waals surface area contributed by atoms with Crippen LogP contribution in [-0.4, -0.2) is 16.0 Å². The first-order valence-corrected chi connectivity index (χ1v) is 5.98. The quantitative estimate of drug-likeness (QED) is 0.849. The highest BCUT2D eigenvalue weighted by molar-refractivity contribution is 5.19. The maximum Gasteiger partial charge on any atom is 0.125 e. The number of nitrogens with one attached hydrogen (secondary N) is 1. The Kier molecular flexibility index (Phi) is 4.42. The molecule has 0 aliphatic carbocycles. The maximum atomic E-state index is 4.40. The molecule has 0 saturated carbocycles. The minimum atomic E-state index is 0.304. The van der Waals surface area contributed by atoms with E-state index >= 15 is 0 Å². The topological polar surface area (TPSA) is 37.8 Å². The lowest BCUT2D eigenvalue weighted by atomic mass is 10.0. The highest BCUT2D eigenvalue weighted by Crippen LogP contribution is 2.16. The third kappa shape index (κ3) is 3.27. The van der Waals surface area contributed by atoms with Gasteiger partial charge in [-0.25, -0.2) is 9.97 Å².